The van der Waals surface area contributed by atoms with Crippen molar-refractivity contribution in [1.29, 1.82) is 0 Å². The lowest BCUT2D eigenvalue weighted by molar-refractivity contribution is 0.0697. The van der Waals surface area contributed by atoms with Gasteiger partial charge in [0.2, 0.25) is 0 Å². The van der Waals surface area contributed by atoms with Gasteiger partial charge < -0.3 is 15.4 Å². The molecule has 0 aliphatic rings. The third kappa shape index (κ3) is 2.10. The van der Waals surface area contributed by atoms with Gasteiger partial charge >= 0.3 is 5.97 Å². The van der Waals surface area contributed by atoms with Crippen LogP contribution in [-0.2, 0) is 6.54 Å². The van der Waals surface area contributed by atoms with Gasteiger partial charge in [-0.25, -0.2) is 4.79 Å². The summed E-state index contributed by atoms with van der Waals surface area (Å²) < 4.78 is 1.77. The second-order valence-corrected chi connectivity index (χ2v) is 2.88. The Kier molecular flexibility index (Phi) is 2.50. The fourth-order valence-corrected chi connectivity index (χ4v) is 1.01. The van der Waals surface area contributed by atoms with Gasteiger partial charge in [-0.15, -0.1) is 0 Å². The molecule has 4 nitrogen and oxygen atoms in total. The minimum absolute atomic E-state index is 0.0408. The molecule has 0 saturated carbocycles. The molecule has 0 aromatic carbocycles. The van der Waals surface area contributed by atoms with E-state index < -0.39 is 5.97 Å². The van der Waals surface area contributed by atoms with Crippen LogP contribution in [0.5, 0.6) is 0 Å². The molecule has 1 unspecified atom stereocenters. The summed E-state index contributed by atoms with van der Waals surface area (Å²) >= 11 is 0. The average molecular weight is 168 g/mol. The molecule has 0 aliphatic carbocycles. The number of aromatic nitrogens is 1. The Labute approximate surface area is 70.6 Å². The maximum Gasteiger partial charge on any atom is 0.337 e. The second kappa shape index (κ2) is 3.40. The topological polar surface area (TPSA) is 68.2 Å². The molecule has 1 aromatic rings. The number of carbonyl (C=O) groups is 1. The summed E-state index contributed by atoms with van der Waals surface area (Å²) in [6.07, 6.45) is 3.29. The van der Waals surface area contributed by atoms with Gasteiger partial charge in [-0.05, 0) is 13.0 Å². The summed E-state index contributed by atoms with van der Waals surface area (Å²) in [6, 6.07) is 1.60. The first-order chi connectivity index (χ1) is 5.59. The number of rotatable bonds is 3. The maximum absolute atomic E-state index is 10.5. The molecule has 0 saturated heterocycles. The van der Waals surface area contributed by atoms with Crippen LogP contribution in [0.4, 0.5) is 0 Å². The Bertz CT molecular complexity index is 278. The highest BCUT2D eigenvalue weighted by molar-refractivity contribution is 5.87. The molecule has 4 heteroatoms. The number of hydrogen-bond donors (Lipinski definition) is 2. The predicted molar refractivity (Wildman–Crippen MR) is 45.0 cm³/mol. The van der Waals surface area contributed by atoms with E-state index in [2.05, 4.69) is 0 Å². The van der Waals surface area contributed by atoms with E-state index >= 15 is 0 Å². The molecule has 0 aliphatic heterocycles. The molecule has 1 rings (SSSR count). The largest absolute Gasteiger partial charge is 0.478 e. The summed E-state index contributed by atoms with van der Waals surface area (Å²) in [6.45, 7) is 2.52. The van der Waals surface area contributed by atoms with Gasteiger partial charge in [-0.3, -0.25) is 0 Å². The lowest BCUT2D eigenvalue weighted by Crippen LogP contribution is -2.21. The lowest BCUT2D eigenvalue weighted by Gasteiger charge is -2.04. The van der Waals surface area contributed by atoms with Gasteiger partial charge in [0.25, 0.3) is 0 Å². The maximum atomic E-state index is 10.5. The highest BCUT2D eigenvalue weighted by Crippen LogP contribution is 2.01. The molecule has 3 N–H and O–H groups in total. The lowest BCUT2D eigenvalue weighted by atomic mass is 10.3. The van der Waals surface area contributed by atoms with Gasteiger partial charge in [0.05, 0.1) is 5.56 Å². The SMILES string of the molecule is CC(N)Cn1ccc(C(=O)O)c1. The molecule has 66 valence electrons. The predicted octanol–water partition coefficient (Wildman–Crippen LogP) is 0.533. The number of hydrogen-bond acceptors (Lipinski definition) is 2. The van der Waals surface area contributed by atoms with Crippen LogP contribution in [0, 0.1) is 0 Å². The Morgan fingerprint density at radius 2 is 2.50 bits per heavy atom. The first kappa shape index (κ1) is 8.80. The van der Waals surface area contributed by atoms with Crippen LogP contribution in [0.25, 0.3) is 0 Å². The van der Waals surface area contributed by atoms with Crippen LogP contribution in [0.15, 0.2) is 18.5 Å². The Balaban J connectivity index is 2.71. The third-order valence-electron chi connectivity index (χ3n) is 1.50. The molecule has 1 heterocycles. The molecule has 1 atom stereocenters. The summed E-state index contributed by atoms with van der Waals surface area (Å²) in [5, 5.41) is 8.59. The Hall–Kier alpha value is -1.29. The summed E-state index contributed by atoms with van der Waals surface area (Å²) in [4.78, 5) is 10.5. The second-order valence-electron chi connectivity index (χ2n) is 2.88. The highest BCUT2D eigenvalue weighted by Gasteiger charge is 2.04. The smallest absolute Gasteiger partial charge is 0.337 e. The third-order valence-corrected chi connectivity index (χ3v) is 1.50. The number of nitrogens with zero attached hydrogens (tertiary/aromatic N) is 1. The van der Waals surface area contributed by atoms with Gasteiger partial charge in [0.1, 0.15) is 0 Å². The first-order valence-electron chi connectivity index (χ1n) is 3.74. The quantitative estimate of drug-likeness (QED) is 0.691. The molecular weight excluding hydrogens is 156 g/mol. The Morgan fingerprint density at radius 1 is 1.83 bits per heavy atom. The fraction of sp³-hybridized carbons (Fsp3) is 0.375. The molecule has 1 aromatic heterocycles. The van der Waals surface area contributed by atoms with Crippen LogP contribution < -0.4 is 5.73 Å². The molecule has 0 spiro atoms. The molecule has 0 bridgehead atoms. The Morgan fingerprint density at radius 3 is 2.92 bits per heavy atom. The zero-order chi connectivity index (χ0) is 9.14. The van der Waals surface area contributed by atoms with Crippen molar-refractivity contribution in [3.8, 4) is 0 Å². The van der Waals surface area contributed by atoms with Crippen molar-refractivity contribution < 1.29 is 9.90 Å². The van der Waals surface area contributed by atoms with E-state index in [4.69, 9.17) is 10.8 Å². The number of aromatic carboxylic acids is 1. The van der Waals surface area contributed by atoms with E-state index in [0.717, 1.165) is 0 Å². The van der Waals surface area contributed by atoms with Crippen molar-refractivity contribution in [1.82, 2.24) is 4.57 Å². The monoisotopic (exact) mass is 168 g/mol. The van der Waals surface area contributed by atoms with Crippen LogP contribution >= 0.6 is 0 Å². The van der Waals surface area contributed by atoms with Gasteiger partial charge in [-0.2, -0.15) is 0 Å². The van der Waals surface area contributed by atoms with Crippen molar-refractivity contribution >= 4 is 5.97 Å². The summed E-state index contributed by atoms with van der Waals surface area (Å²) in [5.74, 6) is -0.904. The normalized spacial score (nSPS) is 12.8. The molecule has 12 heavy (non-hydrogen) atoms. The van der Waals surface area contributed by atoms with E-state index in [1.807, 2.05) is 6.92 Å². The van der Waals surface area contributed by atoms with Crippen molar-refractivity contribution in [2.24, 2.45) is 5.73 Å². The van der Waals surface area contributed by atoms with E-state index in [-0.39, 0.29) is 6.04 Å². The van der Waals surface area contributed by atoms with Crippen LogP contribution in [0.2, 0.25) is 0 Å². The van der Waals surface area contributed by atoms with Crippen molar-refractivity contribution in [2.45, 2.75) is 19.5 Å². The fourth-order valence-electron chi connectivity index (χ4n) is 1.01. The van der Waals surface area contributed by atoms with Crippen molar-refractivity contribution in [3.63, 3.8) is 0 Å². The van der Waals surface area contributed by atoms with Crippen molar-refractivity contribution in [3.05, 3.63) is 24.0 Å². The van der Waals surface area contributed by atoms with Crippen molar-refractivity contribution in [2.75, 3.05) is 0 Å². The van der Waals surface area contributed by atoms with E-state index in [1.165, 1.54) is 0 Å². The number of nitrogens with two attached hydrogens (primary N) is 1. The number of carboxylic acid groups (broad SMARTS) is 1. The molecule has 0 amide bonds. The van der Waals surface area contributed by atoms with Crippen LogP contribution in [0.3, 0.4) is 0 Å². The van der Waals surface area contributed by atoms with Gasteiger partial charge in [0, 0.05) is 25.0 Å². The molecule has 0 fully saturated rings. The summed E-state index contributed by atoms with van der Waals surface area (Å²) in [7, 11) is 0. The molecular formula is C8H12N2O2. The highest BCUT2D eigenvalue weighted by atomic mass is 16.4. The van der Waals surface area contributed by atoms with Gasteiger partial charge in [-0.1, -0.05) is 0 Å². The summed E-state index contributed by atoms with van der Waals surface area (Å²) in [5.41, 5.74) is 5.84. The molecule has 0 radical (unpaired) electrons. The van der Waals surface area contributed by atoms with E-state index in [9.17, 15) is 4.79 Å². The minimum Gasteiger partial charge on any atom is -0.478 e. The standard InChI is InChI=1S/C8H12N2O2/c1-6(9)4-10-3-2-7(5-10)8(11)12/h2-3,5-6H,4,9H2,1H3,(H,11,12). The zero-order valence-electron chi connectivity index (χ0n) is 6.90. The van der Waals surface area contributed by atoms with Gasteiger partial charge in [0.15, 0.2) is 0 Å². The number of carboxylic acids is 1. The average Bonchev–Trinajstić information content (AvgIpc) is 2.34. The van der Waals surface area contributed by atoms with Crippen LogP contribution in [0.1, 0.15) is 17.3 Å². The van der Waals surface area contributed by atoms with E-state index in [1.54, 1.807) is 23.0 Å². The first-order valence-corrected chi connectivity index (χ1v) is 3.74. The van der Waals surface area contributed by atoms with Crippen LogP contribution in [-0.4, -0.2) is 21.7 Å². The van der Waals surface area contributed by atoms with E-state index in [0.29, 0.717) is 12.1 Å². The minimum atomic E-state index is -0.904. The zero-order valence-corrected chi connectivity index (χ0v) is 6.90.